The molecular weight excluding hydrogens is 283 g/mol. The number of carboxylic acid groups (broad SMARTS) is 1. The molecule has 0 amide bonds. The van der Waals surface area contributed by atoms with Gasteiger partial charge in [0.25, 0.3) is 0 Å². The summed E-state index contributed by atoms with van der Waals surface area (Å²) in [5.41, 5.74) is 4.52. The SMILES string of the molecule is CC(N)(C(=O)O)c1ccc(I)cn1. The molecule has 0 saturated carbocycles. The number of hydrogen-bond donors (Lipinski definition) is 2. The van der Waals surface area contributed by atoms with Crippen molar-refractivity contribution < 1.29 is 9.90 Å². The third-order valence-electron chi connectivity index (χ3n) is 1.70. The van der Waals surface area contributed by atoms with Crippen LogP contribution in [0.2, 0.25) is 0 Å². The number of aromatic nitrogens is 1. The highest BCUT2D eigenvalue weighted by atomic mass is 127. The number of carboxylic acids is 1. The summed E-state index contributed by atoms with van der Waals surface area (Å²) in [6.07, 6.45) is 1.59. The van der Waals surface area contributed by atoms with Gasteiger partial charge in [-0.15, -0.1) is 0 Å². The van der Waals surface area contributed by atoms with Crippen molar-refractivity contribution in [2.24, 2.45) is 5.73 Å². The molecule has 13 heavy (non-hydrogen) atoms. The number of pyridine rings is 1. The predicted octanol–water partition coefficient (Wildman–Crippen LogP) is 0.945. The smallest absolute Gasteiger partial charge is 0.329 e. The summed E-state index contributed by atoms with van der Waals surface area (Å²) in [5, 5.41) is 8.80. The van der Waals surface area contributed by atoms with Crippen molar-refractivity contribution in [3.63, 3.8) is 0 Å². The zero-order valence-corrected chi connectivity index (χ0v) is 9.15. The molecule has 0 spiro atoms. The number of halogens is 1. The fraction of sp³-hybridized carbons (Fsp3) is 0.250. The Morgan fingerprint density at radius 3 is 2.69 bits per heavy atom. The van der Waals surface area contributed by atoms with Crippen LogP contribution in [-0.4, -0.2) is 16.1 Å². The quantitative estimate of drug-likeness (QED) is 0.796. The summed E-state index contributed by atoms with van der Waals surface area (Å²) in [4.78, 5) is 14.7. The number of rotatable bonds is 2. The van der Waals surface area contributed by atoms with Gasteiger partial charge >= 0.3 is 5.97 Å². The Kier molecular flexibility index (Phi) is 2.87. The Balaban J connectivity index is 3.08. The Morgan fingerprint density at radius 2 is 2.31 bits per heavy atom. The summed E-state index contributed by atoms with van der Waals surface area (Å²) in [5.74, 6) is -1.08. The van der Waals surface area contributed by atoms with E-state index in [1.807, 2.05) is 0 Å². The molecule has 0 saturated heterocycles. The van der Waals surface area contributed by atoms with Crippen molar-refractivity contribution in [1.82, 2.24) is 4.98 Å². The zero-order valence-electron chi connectivity index (χ0n) is 6.99. The van der Waals surface area contributed by atoms with Gasteiger partial charge in [-0.05, 0) is 41.6 Å². The molecule has 70 valence electrons. The third kappa shape index (κ3) is 2.16. The molecule has 1 rings (SSSR count). The van der Waals surface area contributed by atoms with E-state index in [1.165, 1.54) is 6.92 Å². The predicted molar refractivity (Wildman–Crippen MR) is 56.1 cm³/mol. The molecule has 0 bridgehead atoms. The molecule has 0 aliphatic carbocycles. The summed E-state index contributed by atoms with van der Waals surface area (Å²) in [6.45, 7) is 1.42. The first kappa shape index (κ1) is 10.4. The van der Waals surface area contributed by atoms with Crippen molar-refractivity contribution >= 4 is 28.6 Å². The lowest BCUT2D eigenvalue weighted by molar-refractivity contribution is -0.143. The van der Waals surface area contributed by atoms with Gasteiger partial charge in [-0.1, -0.05) is 0 Å². The minimum Gasteiger partial charge on any atom is -0.480 e. The van der Waals surface area contributed by atoms with Gasteiger partial charge in [0.05, 0.1) is 5.69 Å². The van der Waals surface area contributed by atoms with Crippen LogP contribution in [0.3, 0.4) is 0 Å². The van der Waals surface area contributed by atoms with Crippen molar-refractivity contribution in [1.29, 1.82) is 0 Å². The van der Waals surface area contributed by atoms with E-state index >= 15 is 0 Å². The second kappa shape index (κ2) is 3.59. The highest BCUT2D eigenvalue weighted by Gasteiger charge is 2.31. The summed E-state index contributed by atoms with van der Waals surface area (Å²) in [6, 6.07) is 3.40. The van der Waals surface area contributed by atoms with Crippen LogP contribution in [0.25, 0.3) is 0 Å². The molecule has 0 aliphatic heterocycles. The van der Waals surface area contributed by atoms with Crippen LogP contribution >= 0.6 is 22.6 Å². The van der Waals surface area contributed by atoms with Gasteiger partial charge < -0.3 is 10.8 Å². The Labute approximate surface area is 89.3 Å². The van der Waals surface area contributed by atoms with Crippen LogP contribution in [0.5, 0.6) is 0 Å². The van der Waals surface area contributed by atoms with Gasteiger partial charge in [-0.2, -0.15) is 0 Å². The third-order valence-corrected chi connectivity index (χ3v) is 2.34. The van der Waals surface area contributed by atoms with E-state index in [-0.39, 0.29) is 0 Å². The van der Waals surface area contributed by atoms with Crippen LogP contribution in [0.15, 0.2) is 18.3 Å². The van der Waals surface area contributed by atoms with Crippen LogP contribution < -0.4 is 5.73 Å². The van der Waals surface area contributed by atoms with Crippen LogP contribution in [0.1, 0.15) is 12.6 Å². The molecule has 1 atom stereocenters. The molecule has 0 radical (unpaired) electrons. The average Bonchev–Trinajstić information content (AvgIpc) is 2.04. The van der Waals surface area contributed by atoms with Crippen molar-refractivity contribution in [3.05, 3.63) is 27.6 Å². The first-order chi connectivity index (χ1) is 5.94. The van der Waals surface area contributed by atoms with Gasteiger partial charge in [0.2, 0.25) is 0 Å². The minimum atomic E-state index is -1.41. The molecule has 0 aliphatic rings. The first-order valence-corrected chi connectivity index (χ1v) is 4.67. The average molecular weight is 292 g/mol. The van der Waals surface area contributed by atoms with E-state index < -0.39 is 11.5 Å². The van der Waals surface area contributed by atoms with Crippen LogP contribution in [-0.2, 0) is 10.3 Å². The topological polar surface area (TPSA) is 76.2 Å². The maximum absolute atomic E-state index is 10.7. The molecule has 1 aromatic heterocycles. The van der Waals surface area contributed by atoms with E-state index in [2.05, 4.69) is 27.6 Å². The number of carbonyl (C=O) groups is 1. The van der Waals surface area contributed by atoms with Crippen molar-refractivity contribution in [2.75, 3.05) is 0 Å². The lowest BCUT2D eigenvalue weighted by Crippen LogP contribution is -2.42. The van der Waals surface area contributed by atoms with Crippen LogP contribution in [0.4, 0.5) is 0 Å². The number of nitrogens with zero attached hydrogens (tertiary/aromatic N) is 1. The van der Waals surface area contributed by atoms with Crippen molar-refractivity contribution in [3.8, 4) is 0 Å². The fourth-order valence-corrected chi connectivity index (χ4v) is 1.11. The Bertz CT molecular complexity index is 321. The number of aliphatic carboxylic acids is 1. The largest absolute Gasteiger partial charge is 0.480 e. The fourth-order valence-electron chi connectivity index (χ4n) is 0.793. The first-order valence-electron chi connectivity index (χ1n) is 3.59. The Hall–Kier alpha value is -0.690. The van der Waals surface area contributed by atoms with E-state index in [9.17, 15) is 4.79 Å². The van der Waals surface area contributed by atoms with Gasteiger partial charge in [-0.3, -0.25) is 4.98 Å². The number of nitrogens with two attached hydrogens (primary N) is 1. The lowest BCUT2D eigenvalue weighted by atomic mass is 9.99. The molecule has 4 nitrogen and oxygen atoms in total. The molecule has 1 unspecified atom stereocenters. The molecule has 1 aromatic rings. The standard InChI is InChI=1S/C8H9IN2O2/c1-8(10,7(12)13)6-3-2-5(9)4-11-6/h2-4H,10H2,1H3,(H,12,13). The highest BCUT2D eigenvalue weighted by Crippen LogP contribution is 2.16. The van der Waals surface area contributed by atoms with E-state index in [1.54, 1.807) is 18.3 Å². The molecule has 3 N–H and O–H groups in total. The zero-order chi connectivity index (χ0) is 10.1. The summed E-state index contributed by atoms with van der Waals surface area (Å²) >= 11 is 2.09. The second-order valence-electron chi connectivity index (χ2n) is 2.87. The van der Waals surface area contributed by atoms with Gasteiger partial charge in [0, 0.05) is 9.77 Å². The second-order valence-corrected chi connectivity index (χ2v) is 4.11. The van der Waals surface area contributed by atoms with Gasteiger partial charge in [-0.25, -0.2) is 4.79 Å². The molecule has 0 fully saturated rings. The summed E-state index contributed by atoms with van der Waals surface area (Å²) in [7, 11) is 0. The van der Waals surface area contributed by atoms with Gasteiger partial charge in [0.15, 0.2) is 5.54 Å². The Morgan fingerprint density at radius 1 is 1.69 bits per heavy atom. The van der Waals surface area contributed by atoms with E-state index in [0.717, 1.165) is 3.57 Å². The highest BCUT2D eigenvalue weighted by molar-refractivity contribution is 14.1. The van der Waals surface area contributed by atoms with Gasteiger partial charge in [0.1, 0.15) is 0 Å². The molecular formula is C8H9IN2O2. The van der Waals surface area contributed by atoms with Crippen molar-refractivity contribution in [2.45, 2.75) is 12.5 Å². The summed E-state index contributed by atoms with van der Waals surface area (Å²) < 4.78 is 0.947. The minimum absolute atomic E-state index is 0.361. The van der Waals surface area contributed by atoms with E-state index in [4.69, 9.17) is 10.8 Å². The maximum atomic E-state index is 10.7. The van der Waals surface area contributed by atoms with Crippen LogP contribution in [0, 0.1) is 3.57 Å². The monoisotopic (exact) mass is 292 g/mol. The number of hydrogen-bond acceptors (Lipinski definition) is 3. The molecule has 5 heteroatoms. The molecule has 0 aromatic carbocycles. The van der Waals surface area contributed by atoms with E-state index in [0.29, 0.717) is 5.69 Å². The normalized spacial score (nSPS) is 15.0. The maximum Gasteiger partial charge on any atom is 0.329 e. The lowest BCUT2D eigenvalue weighted by Gasteiger charge is -2.17. The molecule has 1 heterocycles.